The van der Waals surface area contributed by atoms with Gasteiger partial charge in [0.25, 0.3) is 0 Å². The van der Waals surface area contributed by atoms with E-state index in [2.05, 4.69) is 36.9 Å². The molecular weight excluding hydrogens is 151 g/mol. The highest BCUT2D eigenvalue weighted by atomic mass is 31.0. The standard InChI is InChI=1S/C10H23P/c1-5-6-10(11)7-9(4)8(2)3/h8-10H,5-7,11H2,1-4H3. The molecule has 0 aliphatic rings. The minimum atomic E-state index is 0.843. The second-order valence-electron chi connectivity index (χ2n) is 4.01. The van der Waals surface area contributed by atoms with Crippen molar-refractivity contribution in [3.05, 3.63) is 0 Å². The van der Waals surface area contributed by atoms with E-state index in [-0.39, 0.29) is 0 Å². The van der Waals surface area contributed by atoms with Crippen LogP contribution in [0, 0.1) is 11.8 Å². The highest BCUT2D eigenvalue weighted by Gasteiger charge is 2.10. The van der Waals surface area contributed by atoms with Crippen molar-refractivity contribution in [3.63, 3.8) is 0 Å². The lowest BCUT2D eigenvalue weighted by Crippen LogP contribution is -2.10. The summed E-state index contributed by atoms with van der Waals surface area (Å²) >= 11 is 0. The molecule has 0 nitrogen and oxygen atoms in total. The summed E-state index contributed by atoms with van der Waals surface area (Å²) in [5, 5.41) is 0. The summed E-state index contributed by atoms with van der Waals surface area (Å²) in [5.41, 5.74) is 0.845. The quantitative estimate of drug-likeness (QED) is 0.557. The van der Waals surface area contributed by atoms with Crippen molar-refractivity contribution in [3.8, 4) is 0 Å². The fourth-order valence-electron chi connectivity index (χ4n) is 1.24. The average Bonchev–Trinajstić information content (AvgIpc) is 1.87. The maximum absolute atomic E-state index is 2.97. The molecule has 3 atom stereocenters. The number of hydrogen-bond acceptors (Lipinski definition) is 0. The smallest absolute Gasteiger partial charge is 0.0262 e. The summed E-state index contributed by atoms with van der Waals surface area (Å²) in [7, 11) is 2.97. The Morgan fingerprint density at radius 2 is 1.73 bits per heavy atom. The maximum Gasteiger partial charge on any atom is -0.0262 e. The minimum absolute atomic E-state index is 0.843. The topological polar surface area (TPSA) is 0 Å². The summed E-state index contributed by atoms with van der Waals surface area (Å²) in [4.78, 5) is 0. The van der Waals surface area contributed by atoms with E-state index in [1.807, 2.05) is 0 Å². The minimum Gasteiger partial charge on any atom is -0.134 e. The third-order valence-corrected chi connectivity index (χ3v) is 3.08. The molecule has 0 rings (SSSR count). The molecule has 0 aliphatic heterocycles. The molecule has 0 aliphatic carbocycles. The third-order valence-electron chi connectivity index (χ3n) is 2.47. The van der Waals surface area contributed by atoms with Crippen LogP contribution in [0.2, 0.25) is 0 Å². The maximum atomic E-state index is 2.97. The Bertz CT molecular complexity index is 88.9. The van der Waals surface area contributed by atoms with E-state index in [0.717, 1.165) is 17.5 Å². The normalized spacial score (nSPS) is 16.9. The average molecular weight is 174 g/mol. The van der Waals surface area contributed by atoms with Gasteiger partial charge in [-0.15, -0.1) is 9.24 Å². The summed E-state index contributed by atoms with van der Waals surface area (Å²) in [5.74, 6) is 1.72. The molecule has 0 aromatic rings. The van der Waals surface area contributed by atoms with E-state index >= 15 is 0 Å². The van der Waals surface area contributed by atoms with Gasteiger partial charge in [-0.05, 0) is 30.3 Å². The Hall–Kier alpha value is 0.430. The number of hydrogen-bond donors (Lipinski definition) is 0. The van der Waals surface area contributed by atoms with Crippen molar-refractivity contribution in [2.45, 2.75) is 52.6 Å². The SMILES string of the molecule is CCCC(P)CC(C)C(C)C. The van der Waals surface area contributed by atoms with Crippen LogP contribution in [0.15, 0.2) is 0 Å². The van der Waals surface area contributed by atoms with Crippen molar-refractivity contribution in [1.29, 1.82) is 0 Å². The van der Waals surface area contributed by atoms with E-state index in [1.165, 1.54) is 19.3 Å². The van der Waals surface area contributed by atoms with E-state index in [0.29, 0.717) is 0 Å². The van der Waals surface area contributed by atoms with Gasteiger partial charge >= 0.3 is 0 Å². The van der Waals surface area contributed by atoms with Gasteiger partial charge in [-0.3, -0.25) is 0 Å². The van der Waals surface area contributed by atoms with Crippen LogP contribution in [0.25, 0.3) is 0 Å². The molecule has 11 heavy (non-hydrogen) atoms. The Morgan fingerprint density at radius 1 is 1.18 bits per heavy atom. The van der Waals surface area contributed by atoms with Crippen molar-refractivity contribution in [2.75, 3.05) is 0 Å². The molecular formula is C10H23P. The Balaban J connectivity index is 3.48. The van der Waals surface area contributed by atoms with Crippen molar-refractivity contribution in [1.82, 2.24) is 0 Å². The monoisotopic (exact) mass is 174 g/mol. The predicted molar refractivity (Wildman–Crippen MR) is 57.0 cm³/mol. The third kappa shape index (κ3) is 5.67. The Kier molecular flexibility index (Phi) is 6.24. The highest BCUT2D eigenvalue weighted by molar-refractivity contribution is 7.17. The van der Waals surface area contributed by atoms with E-state index in [9.17, 15) is 0 Å². The van der Waals surface area contributed by atoms with Crippen molar-refractivity contribution in [2.24, 2.45) is 11.8 Å². The molecule has 68 valence electrons. The zero-order valence-electron chi connectivity index (χ0n) is 8.43. The second-order valence-corrected chi connectivity index (χ2v) is 4.95. The van der Waals surface area contributed by atoms with Gasteiger partial charge in [0.05, 0.1) is 0 Å². The van der Waals surface area contributed by atoms with Gasteiger partial charge in [-0.25, -0.2) is 0 Å². The molecule has 0 saturated heterocycles. The predicted octanol–water partition coefficient (Wildman–Crippen LogP) is 3.71. The summed E-state index contributed by atoms with van der Waals surface area (Å²) in [6.07, 6.45) is 4.05. The molecule has 0 N–H and O–H groups in total. The van der Waals surface area contributed by atoms with Crippen LogP contribution in [-0.2, 0) is 0 Å². The molecule has 1 heteroatoms. The van der Waals surface area contributed by atoms with Gasteiger partial charge in [-0.1, -0.05) is 34.1 Å². The zero-order valence-corrected chi connectivity index (χ0v) is 9.59. The molecule has 0 fully saturated rings. The lowest BCUT2D eigenvalue weighted by molar-refractivity contribution is 0.382. The first-order chi connectivity index (χ1) is 5.07. The van der Waals surface area contributed by atoms with Gasteiger partial charge in [0.2, 0.25) is 0 Å². The van der Waals surface area contributed by atoms with Gasteiger partial charge in [0.15, 0.2) is 0 Å². The highest BCUT2D eigenvalue weighted by Crippen LogP contribution is 2.22. The summed E-state index contributed by atoms with van der Waals surface area (Å²) < 4.78 is 0. The lowest BCUT2D eigenvalue weighted by atomic mass is 9.92. The molecule has 0 aromatic carbocycles. The van der Waals surface area contributed by atoms with Crippen LogP contribution in [0.3, 0.4) is 0 Å². The van der Waals surface area contributed by atoms with Crippen LogP contribution in [0.5, 0.6) is 0 Å². The fraction of sp³-hybridized carbons (Fsp3) is 1.00. The Labute approximate surface area is 74.4 Å². The molecule has 0 amide bonds. The van der Waals surface area contributed by atoms with E-state index in [1.54, 1.807) is 0 Å². The van der Waals surface area contributed by atoms with Gasteiger partial charge in [0, 0.05) is 0 Å². The lowest BCUT2D eigenvalue weighted by Gasteiger charge is -2.19. The summed E-state index contributed by atoms with van der Waals surface area (Å²) in [6, 6.07) is 0. The Morgan fingerprint density at radius 3 is 2.09 bits per heavy atom. The zero-order chi connectivity index (χ0) is 8.85. The first-order valence-corrected chi connectivity index (χ1v) is 5.50. The van der Waals surface area contributed by atoms with E-state index < -0.39 is 0 Å². The number of rotatable bonds is 5. The first kappa shape index (κ1) is 11.4. The first-order valence-electron chi connectivity index (χ1n) is 4.83. The van der Waals surface area contributed by atoms with E-state index in [4.69, 9.17) is 0 Å². The molecule has 0 bridgehead atoms. The van der Waals surface area contributed by atoms with Gasteiger partial charge in [-0.2, -0.15) is 0 Å². The fourth-order valence-corrected chi connectivity index (χ4v) is 2.00. The molecule has 0 heterocycles. The molecule has 0 radical (unpaired) electrons. The van der Waals surface area contributed by atoms with Crippen molar-refractivity contribution < 1.29 is 0 Å². The molecule has 0 aromatic heterocycles. The van der Waals surface area contributed by atoms with Crippen LogP contribution < -0.4 is 0 Å². The van der Waals surface area contributed by atoms with Crippen LogP contribution >= 0.6 is 9.24 Å². The van der Waals surface area contributed by atoms with Crippen molar-refractivity contribution >= 4 is 9.24 Å². The van der Waals surface area contributed by atoms with Crippen LogP contribution in [-0.4, -0.2) is 5.66 Å². The van der Waals surface area contributed by atoms with Crippen LogP contribution in [0.1, 0.15) is 47.0 Å². The molecule has 3 unspecified atom stereocenters. The largest absolute Gasteiger partial charge is 0.134 e. The van der Waals surface area contributed by atoms with Gasteiger partial charge in [0.1, 0.15) is 0 Å². The molecule has 0 saturated carbocycles. The second kappa shape index (κ2) is 6.00. The summed E-state index contributed by atoms with van der Waals surface area (Å²) in [6.45, 7) is 9.25. The molecule has 0 spiro atoms. The van der Waals surface area contributed by atoms with Gasteiger partial charge < -0.3 is 0 Å². The van der Waals surface area contributed by atoms with Crippen LogP contribution in [0.4, 0.5) is 0 Å².